The number of aromatic nitrogens is 2. The predicted octanol–water partition coefficient (Wildman–Crippen LogP) is 3.54. The summed E-state index contributed by atoms with van der Waals surface area (Å²) in [6, 6.07) is 9.62. The minimum absolute atomic E-state index is 0.00437. The van der Waals surface area contributed by atoms with Crippen LogP contribution in [0.15, 0.2) is 61.2 Å². The molecule has 28 heavy (non-hydrogen) atoms. The van der Waals surface area contributed by atoms with Gasteiger partial charge in [-0.15, -0.1) is 0 Å². The van der Waals surface area contributed by atoms with Crippen LogP contribution in [-0.4, -0.2) is 33.2 Å². The Bertz CT molecular complexity index is 991. The van der Waals surface area contributed by atoms with E-state index in [0.29, 0.717) is 5.75 Å². The molecule has 0 amide bonds. The van der Waals surface area contributed by atoms with Crippen molar-refractivity contribution in [3.63, 3.8) is 0 Å². The molecule has 3 rings (SSSR count). The second-order valence-corrected chi connectivity index (χ2v) is 5.91. The Morgan fingerprint density at radius 1 is 1.32 bits per heavy atom. The number of rotatable bonds is 7. The fourth-order valence-corrected chi connectivity index (χ4v) is 2.47. The van der Waals surface area contributed by atoms with Crippen LogP contribution in [0.3, 0.4) is 0 Å². The number of esters is 1. The van der Waals surface area contributed by atoms with Gasteiger partial charge in [-0.2, -0.15) is 0 Å². The second kappa shape index (κ2) is 8.30. The van der Waals surface area contributed by atoms with Gasteiger partial charge in [-0.05, 0) is 31.2 Å². The van der Waals surface area contributed by atoms with Gasteiger partial charge in [-0.3, -0.25) is 10.1 Å². The molecule has 8 nitrogen and oxygen atoms in total. The molecule has 0 aliphatic heterocycles. The van der Waals surface area contributed by atoms with Gasteiger partial charge >= 0.3 is 5.97 Å². The number of carbonyl (C=O) groups excluding carboxylic acids is 1. The number of benzene rings is 2. The van der Waals surface area contributed by atoms with E-state index in [0.717, 1.165) is 6.07 Å². The van der Waals surface area contributed by atoms with E-state index in [1.165, 1.54) is 47.4 Å². The highest BCUT2D eigenvalue weighted by Crippen LogP contribution is 2.24. The maximum atomic E-state index is 13.1. The van der Waals surface area contributed by atoms with Crippen LogP contribution in [-0.2, 0) is 4.74 Å². The normalized spacial score (nSPS) is 11.6. The fourth-order valence-electron chi connectivity index (χ4n) is 2.47. The Morgan fingerprint density at radius 3 is 2.82 bits per heavy atom. The van der Waals surface area contributed by atoms with Gasteiger partial charge in [0.25, 0.3) is 5.69 Å². The summed E-state index contributed by atoms with van der Waals surface area (Å²) in [6.45, 7) is 1.61. The molecule has 1 aromatic heterocycles. The van der Waals surface area contributed by atoms with Crippen molar-refractivity contribution < 1.29 is 23.6 Å². The highest BCUT2D eigenvalue weighted by molar-refractivity contribution is 5.91. The Kier molecular flexibility index (Phi) is 5.64. The van der Waals surface area contributed by atoms with Crippen LogP contribution in [0.25, 0.3) is 5.69 Å². The largest absolute Gasteiger partial charge is 0.490 e. The molecule has 1 atom stereocenters. The molecule has 0 bridgehead atoms. The van der Waals surface area contributed by atoms with Crippen molar-refractivity contribution in [2.24, 2.45) is 0 Å². The lowest BCUT2D eigenvalue weighted by molar-refractivity contribution is -0.384. The first-order valence-corrected chi connectivity index (χ1v) is 8.30. The van der Waals surface area contributed by atoms with Crippen LogP contribution >= 0.6 is 0 Å². The number of nitro benzene ring substituents is 1. The number of hydrogen-bond donors (Lipinski definition) is 0. The van der Waals surface area contributed by atoms with Crippen molar-refractivity contribution in [3.05, 3.63) is 82.7 Å². The van der Waals surface area contributed by atoms with Crippen LogP contribution in [0.5, 0.6) is 5.75 Å². The molecule has 0 radical (unpaired) electrons. The molecule has 0 fully saturated rings. The highest BCUT2D eigenvalue weighted by Gasteiger charge is 2.20. The summed E-state index contributed by atoms with van der Waals surface area (Å²) in [7, 11) is 0. The van der Waals surface area contributed by atoms with Crippen molar-refractivity contribution in [2.45, 2.75) is 13.0 Å². The Morgan fingerprint density at radius 2 is 2.14 bits per heavy atom. The van der Waals surface area contributed by atoms with Crippen LogP contribution < -0.4 is 4.74 Å². The Balaban J connectivity index is 1.68. The van der Waals surface area contributed by atoms with Gasteiger partial charge < -0.3 is 14.0 Å². The van der Waals surface area contributed by atoms with Crippen molar-refractivity contribution in [1.29, 1.82) is 0 Å². The van der Waals surface area contributed by atoms with Gasteiger partial charge in [0, 0.05) is 24.5 Å². The van der Waals surface area contributed by atoms with Crippen LogP contribution in [0.4, 0.5) is 10.1 Å². The standard InChI is InChI=1S/C19H16FN3O5/c1-13(11-27-16-4-2-3-15(20)10-16)28-19(24)14-5-6-17(18(9-14)23(25)26)22-8-7-21-12-22/h2-10,12-13H,11H2,1H3. The minimum atomic E-state index is -0.726. The summed E-state index contributed by atoms with van der Waals surface area (Å²) >= 11 is 0. The molecule has 1 heterocycles. The number of ether oxygens (including phenoxy) is 2. The smallest absolute Gasteiger partial charge is 0.338 e. The average Bonchev–Trinajstić information content (AvgIpc) is 3.20. The maximum Gasteiger partial charge on any atom is 0.338 e. The first-order valence-electron chi connectivity index (χ1n) is 8.30. The summed E-state index contributed by atoms with van der Waals surface area (Å²) in [5.41, 5.74) is 0.0609. The van der Waals surface area contributed by atoms with Gasteiger partial charge in [0.1, 0.15) is 30.0 Å². The highest BCUT2D eigenvalue weighted by atomic mass is 19.1. The third-order valence-electron chi connectivity index (χ3n) is 3.78. The lowest BCUT2D eigenvalue weighted by Crippen LogP contribution is -2.22. The third kappa shape index (κ3) is 4.50. The SMILES string of the molecule is CC(COc1cccc(F)c1)OC(=O)c1ccc(-n2ccnc2)c([N+](=O)[O-])c1. The van der Waals surface area contributed by atoms with Crippen LogP contribution in [0.2, 0.25) is 0 Å². The number of imidazole rings is 1. The average molecular weight is 385 g/mol. The molecule has 0 aliphatic carbocycles. The summed E-state index contributed by atoms with van der Waals surface area (Å²) in [5, 5.41) is 11.4. The first-order chi connectivity index (χ1) is 13.4. The van der Waals surface area contributed by atoms with Crippen molar-refractivity contribution in [2.75, 3.05) is 6.61 Å². The molecule has 0 saturated carbocycles. The summed E-state index contributed by atoms with van der Waals surface area (Å²) in [5.74, 6) is -0.855. The summed E-state index contributed by atoms with van der Waals surface area (Å²) in [6.07, 6.45) is 3.83. The molecule has 9 heteroatoms. The van der Waals surface area contributed by atoms with Crippen molar-refractivity contribution >= 4 is 11.7 Å². The molecule has 0 aliphatic rings. The maximum absolute atomic E-state index is 13.1. The molecule has 1 unspecified atom stereocenters. The summed E-state index contributed by atoms with van der Waals surface area (Å²) in [4.78, 5) is 27.0. The first kappa shape index (κ1) is 19.0. The molecule has 3 aromatic rings. The van der Waals surface area contributed by atoms with Crippen molar-refractivity contribution in [3.8, 4) is 11.4 Å². The molecular formula is C19H16FN3O5. The Hall–Kier alpha value is -3.75. The lowest BCUT2D eigenvalue weighted by atomic mass is 10.1. The van der Waals surface area contributed by atoms with E-state index < -0.39 is 22.8 Å². The van der Waals surface area contributed by atoms with E-state index in [9.17, 15) is 19.3 Å². The number of hydrogen-bond acceptors (Lipinski definition) is 6. The van der Waals surface area contributed by atoms with Gasteiger partial charge in [0.2, 0.25) is 0 Å². The molecular weight excluding hydrogens is 369 g/mol. The monoisotopic (exact) mass is 385 g/mol. The Labute approximate surface area is 159 Å². The zero-order valence-electron chi connectivity index (χ0n) is 14.8. The van der Waals surface area contributed by atoms with E-state index in [2.05, 4.69) is 4.98 Å². The van der Waals surface area contributed by atoms with E-state index in [-0.39, 0.29) is 23.5 Å². The van der Waals surface area contributed by atoms with Gasteiger partial charge in [-0.25, -0.2) is 14.2 Å². The number of nitro groups is 1. The van der Waals surface area contributed by atoms with Crippen LogP contribution in [0, 0.1) is 15.9 Å². The van der Waals surface area contributed by atoms with E-state index in [1.54, 1.807) is 19.2 Å². The molecule has 2 aromatic carbocycles. The predicted molar refractivity (Wildman–Crippen MR) is 97.0 cm³/mol. The number of carbonyl (C=O) groups is 1. The lowest BCUT2D eigenvalue weighted by Gasteiger charge is -2.15. The van der Waals surface area contributed by atoms with Crippen molar-refractivity contribution in [1.82, 2.24) is 9.55 Å². The van der Waals surface area contributed by atoms with E-state index in [4.69, 9.17) is 9.47 Å². The second-order valence-electron chi connectivity index (χ2n) is 5.91. The fraction of sp³-hybridized carbons (Fsp3) is 0.158. The number of nitrogens with zero attached hydrogens (tertiary/aromatic N) is 3. The third-order valence-corrected chi connectivity index (χ3v) is 3.78. The number of halogens is 1. The van der Waals surface area contributed by atoms with Crippen LogP contribution in [0.1, 0.15) is 17.3 Å². The topological polar surface area (TPSA) is 96.5 Å². The van der Waals surface area contributed by atoms with Gasteiger partial charge in [-0.1, -0.05) is 6.07 Å². The molecule has 0 N–H and O–H groups in total. The van der Waals surface area contributed by atoms with Gasteiger partial charge in [0.05, 0.1) is 16.8 Å². The molecule has 0 spiro atoms. The quantitative estimate of drug-likeness (QED) is 0.351. The van der Waals surface area contributed by atoms with Gasteiger partial charge in [0.15, 0.2) is 0 Å². The molecule has 144 valence electrons. The summed E-state index contributed by atoms with van der Waals surface area (Å²) < 4.78 is 25.2. The minimum Gasteiger partial charge on any atom is -0.490 e. The van der Waals surface area contributed by atoms with E-state index >= 15 is 0 Å². The zero-order valence-corrected chi connectivity index (χ0v) is 14.8. The molecule has 0 saturated heterocycles. The zero-order chi connectivity index (χ0) is 20.1. The van der Waals surface area contributed by atoms with E-state index in [1.807, 2.05) is 0 Å².